The quantitative estimate of drug-likeness (QED) is 0.615. The molecule has 0 amide bonds. The van der Waals surface area contributed by atoms with Crippen LogP contribution in [0.25, 0.3) is 0 Å². The van der Waals surface area contributed by atoms with Gasteiger partial charge in [-0.15, -0.1) is 0 Å². The molecule has 0 atom stereocenters. The summed E-state index contributed by atoms with van der Waals surface area (Å²) in [4.78, 5) is 0. The van der Waals surface area contributed by atoms with E-state index in [1.54, 1.807) is 0 Å². The van der Waals surface area contributed by atoms with Gasteiger partial charge >= 0.3 is 0 Å². The van der Waals surface area contributed by atoms with Gasteiger partial charge in [-0.25, -0.2) is 10.0 Å². The second-order valence-electron chi connectivity index (χ2n) is 3.27. The summed E-state index contributed by atoms with van der Waals surface area (Å²) in [6, 6.07) is 0. The van der Waals surface area contributed by atoms with Crippen LogP contribution in [0.4, 0.5) is 0 Å². The zero-order chi connectivity index (χ0) is 8.23. The highest BCUT2D eigenvalue weighted by molar-refractivity contribution is 7.99. The smallest absolute Gasteiger partial charge is 0.0259 e. The van der Waals surface area contributed by atoms with E-state index in [9.17, 15) is 0 Å². The first-order chi connectivity index (χ1) is 5.97. The average molecular weight is 187 g/mol. The Bertz CT molecular complexity index is 114. The fourth-order valence-corrected chi connectivity index (χ4v) is 2.66. The van der Waals surface area contributed by atoms with Gasteiger partial charge in [0, 0.05) is 50.8 Å². The second-order valence-corrected chi connectivity index (χ2v) is 4.49. The van der Waals surface area contributed by atoms with Crippen LogP contribution >= 0.6 is 11.8 Å². The van der Waals surface area contributed by atoms with Crippen molar-refractivity contribution in [2.24, 2.45) is 0 Å². The Labute approximate surface area is 78.4 Å². The van der Waals surface area contributed by atoms with Gasteiger partial charge in [-0.1, -0.05) is 0 Å². The van der Waals surface area contributed by atoms with Crippen LogP contribution in [0.3, 0.4) is 0 Å². The van der Waals surface area contributed by atoms with E-state index in [2.05, 4.69) is 27.1 Å². The highest BCUT2D eigenvalue weighted by Gasteiger charge is 2.19. The molecule has 2 heterocycles. The average Bonchev–Trinajstić information content (AvgIpc) is 2.21. The van der Waals surface area contributed by atoms with Crippen LogP contribution in [0.1, 0.15) is 0 Å². The molecule has 0 spiro atoms. The van der Waals surface area contributed by atoms with Gasteiger partial charge in [-0.2, -0.15) is 11.8 Å². The van der Waals surface area contributed by atoms with E-state index in [0.29, 0.717) is 0 Å². The molecule has 0 radical (unpaired) electrons. The number of hydrogen-bond donors (Lipinski definition) is 1. The van der Waals surface area contributed by atoms with Crippen LogP contribution in [-0.4, -0.2) is 60.8 Å². The van der Waals surface area contributed by atoms with Gasteiger partial charge in [0.1, 0.15) is 0 Å². The Balaban J connectivity index is 1.80. The molecule has 0 unspecified atom stereocenters. The maximum atomic E-state index is 3.38. The Morgan fingerprint density at radius 2 is 1.42 bits per heavy atom. The molecule has 2 rings (SSSR count). The summed E-state index contributed by atoms with van der Waals surface area (Å²) >= 11 is 2.08. The fraction of sp³-hybridized carbons (Fsp3) is 1.00. The van der Waals surface area contributed by atoms with E-state index in [-0.39, 0.29) is 0 Å². The summed E-state index contributed by atoms with van der Waals surface area (Å²) in [7, 11) is 0. The van der Waals surface area contributed by atoms with Crippen molar-refractivity contribution in [2.75, 3.05) is 50.8 Å². The highest BCUT2D eigenvalue weighted by atomic mass is 32.2. The third kappa shape index (κ3) is 2.13. The zero-order valence-corrected chi connectivity index (χ0v) is 8.28. The van der Waals surface area contributed by atoms with E-state index >= 15 is 0 Å². The molecule has 0 aromatic carbocycles. The summed E-state index contributed by atoms with van der Waals surface area (Å²) in [6.07, 6.45) is 0. The largest absolute Gasteiger partial charge is 0.314 e. The van der Waals surface area contributed by atoms with Crippen molar-refractivity contribution in [3.05, 3.63) is 0 Å². The Kier molecular flexibility index (Phi) is 3.28. The molecular weight excluding hydrogens is 170 g/mol. The molecule has 4 heteroatoms. The molecule has 2 fully saturated rings. The Hall–Kier alpha value is 0.230. The highest BCUT2D eigenvalue weighted by Crippen LogP contribution is 2.11. The number of rotatable bonds is 1. The predicted octanol–water partition coefficient (Wildman–Crippen LogP) is -0.145. The first kappa shape index (κ1) is 8.81. The number of hydrogen-bond acceptors (Lipinski definition) is 4. The van der Waals surface area contributed by atoms with Gasteiger partial charge in [0.15, 0.2) is 0 Å². The van der Waals surface area contributed by atoms with Crippen molar-refractivity contribution in [1.29, 1.82) is 0 Å². The van der Waals surface area contributed by atoms with Crippen molar-refractivity contribution in [1.82, 2.24) is 15.3 Å². The molecule has 2 aliphatic heterocycles. The van der Waals surface area contributed by atoms with Crippen molar-refractivity contribution in [2.45, 2.75) is 0 Å². The maximum Gasteiger partial charge on any atom is 0.0259 e. The first-order valence-corrected chi connectivity index (χ1v) is 5.90. The Morgan fingerprint density at radius 1 is 0.833 bits per heavy atom. The molecule has 70 valence electrons. The Morgan fingerprint density at radius 3 is 2.08 bits per heavy atom. The summed E-state index contributed by atoms with van der Waals surface area (Å²) in [5, 5.41) is 8.42. The van der Waals surface area contributed by atoms with Gasteiger partial charge in [0.2, 0.25) is 0 Å². The molecule has 3 nitrogen and oxygen atoms in total. The standard InChI is InChI=1S/C8H17N3S/c1-3-10(4-2-9-1)11-5-7-12-8-6-11/h9H,1-8H2. The third-order valence-corrected chi connectivity index (χ3v) is 3.42. The monoisotopic (exact) mass is 187 g/mol. The minimum absolute atomic E-state index is 1.16. The minimum Gasteiger partial charge on any atom is -0.314 e. The van der Waals surface area contributed by atoms with Crippen molar-refractivity contribution in [3.63, 3.8) is 0 Å². The number of piperazine rings is 1. The molecule has 2 aliphatic rings. The SMILES string of the molecule is C1CN(N2CCSCC2)CCN1. The molecule has 2 saturated heterocycles. The van der Waals surface area contributed by atoms with Gasteiger partial charge in [0.25, 0.3) is 0 Å². The number of nitrogens with zero attached hydrogens (tertiary/aromatic N) is 2. The molecule has 0 aromatic rings. The molecule has 12 heavy (non-hydrogen) atoms. The van der Waals surface area contributed by atoms with Gasteiger partial charge < -0.3 is 5.32 Å². The van der Waals surface area contributed by atoms with Crippen LogP contribution in [0.2, 0.25) is 0 Å². The van der Waals surface area contributed by atoms with Gasteiger partial charge in [-0.3, -0.25) is 0 Å². The van der Waals surface area contributed by atoms with E-state index in [0.717, 1.165) is 13.1 Å². The molecule has 0 bridgehead atoms. The zero-order valence-electron chi connectivity index (χ0n) is 7.46. The van der Waals surface area contributed by atoms with Crippen molar-refractivity contribution < 1.29 is 0 Å². The summed E-state index contributed by atoms with van der Waals surface area (Å²) in [6.45, 7) is 7.22. The topological polar surface area (TPSA) is 18.5 Å². The normalized spacial score (nSPS) is 29.0. The van der Waals surface area contributed by atoms with Crippen LogP contribution in [0.15, 0.2) is 0 Å². The van der Waals surface area contributed by atoms with E-state index in [1.165, 1.54) is 37.7 Å². The van der Waals surface area contributed by atoms with Gasteiger partial charge in [-0.05, 0) is 0 Å². The second kappa shape index (κ2) is 4.46. The molecular formula is C8H17N3S. The summed E-state index contributed by atoms with van der Waals surface area (Å²) < 4.78 is 0. The lowest BCUT2D eigenvalue weighted by Crippen LogP contribution is -2.54. The molecule has 0 aliphatic carbocycles. The first-order valence-electron chi connectivity index (χ1n) is 4.75. The lowest BCUT2D eigenvalue weighted by molar-refractivity contribution is -0.0254. The maximum absolute atomic E-state index is 3.38. The van der Waals surface area contributed by atoms with Crippen molar-refractivity contribution >= 4 is 11.8 Å². The van der Waals surface area contributed by atoms with Crippen LogP contribution in [0, 0.1) is 0 Å². The van der Waals surface area contributed by atoms with Crippen LogP contribution in [0.5, 0.6) is 0 Å². The van der Waals surface area contributed by atoms with E-state index in [4.69, 9.17) is 0 Å². The number of thioether (sulfide) groups is 1. The van der Waals surface area contributed by atoms with Gasteiger partial charge in [0.05, 0.1) is 0 Å². The van der Waals surface area contributed by atoms with E-state index < -0.39 is 0 Å². The van der Waals surface area contributed by atoms with Crippen LogP contribution < -0.4 is 5.32 Å². The lowest BCUT2D eigenvalue weighted by Gasteiger charge is -2.39. The third-order valence-electron chi connectivity index (χ3n) is 2.48. The number of nitrogens with one attached hydrogen (secondary N) is 1. The fourth-order valence-electron chi connectivity index (χ4n) is 1.77. The van der Waals surface area contributed by atoms with Crippen molar-refractivity contribution in [3.8, 4) is 0 Å². The summed E-state index contributed by atoms with van der Waals surface area (Å²) in [5.41, 5.74) is 0. The minimum atomic E-state index is 1.16. The number of hydrazine groups is 1. The van der Waals surface area contributed by atoms with E-state index in [1.807, 2.05) is 0 Å². The summed E-state index contributed by atoms with van der Waals surface area (Å²) in [5.74, 6) is 2.62. The lowest BCUT2D eigenvalue weighted by atomic mass is 10.4. The molecule has 0 saturated carbocycles. The molecule has 1 N–H and O–H groups in total. The predicted molar refractivity (Wildman–Crippen MR) is 53.3 cm³/mol. The molecule has 0 aromatic heterocycles. The van der Waals surface area contributed by atoms with Crippen LogP contribution in [-0.2, 0) is 0 Å².